The highest BCUT2D eigenvalue weighted by Gasteiger charge is 2.20. The second kappa shape index (κ2) is 7.85. The van der Waals surface area contributed by atoms with Crippen LogP contribution < -0.4 is 4.74 Å². The molecule has 0 bridgehead atoms. The summed E-state index contributed by atoms with van der Waals surface area (Å²) in [7, 11) is 0. The van der Waals surface area contributed by atoms with Gasteiger partial charge in [0.15, 0.2) is 6.10 Å². The summed E-state index contributed by atoms with van der Waals surface area (Å²) in [5.41, 5.74) is 2.02. The summed E-state index contributed by atoms with van der Waals surface area (Å²) < 4.78 is 5.57. The van der Waals surface area contributed by atoms with E-state index in [2.05, 4.69) is 0 Å². The van der Waals surface area contributed by atoms with Crippen molar-refractivity contribution in [2.45, 2.75) is 32.3 Å². The average molecular weight is 319 g/mol. The zero-order valence-corrected chi connectivity index (χ0v) is 13.2. The van der Waals surface area contributed by atoms with Gasteiger partial charge in [-0.25, -0.2) is 4.79 Å². The van der Waals surface area contributed by atoms with Crippen molar-refractivity contribution >= 4 is 17.6 Å². The molecule has 0 saturated heterocycles. The van der Waals surface area contributed by atoms with E-state index in [1.807, 2.05) is 43.3 Å². The van der Waals surface area contributed by atoms with Crippen molar-refractivity contribution in [2.75, 3.05) is 0 Å². The van der Waals surface area contributed by atoms with E-state index in [4.69, 9.17) is 16.3 Å². The molecule has 0 aromatic heterocycles. The van der Waals surface area contributed by atoms with Gasteiger partial charge in [-0.3, -0.25) is 0 Å². The predicted molar refractivity (Wildman–Crippen MR) is 88.5 cm³/mol. The Morgan fingerprint density at radius 3 is 2.50 bits per heavy atom. The van der Waals surface area contributed by atoms with E-state index >= 15 is 0 Å². The van der Waals surface area contributed by atoms with Crippen LogP contribution in [0.2, 0.25) is 5.02 Å². The maximum absolute atomic E-state index is 11.2. The minimum atomic E-state index is -0.961. The van der Waals surface area contributed by atoms with Crippen molar-refractivity contribution in [1.29, 1.82) is 0 Å². The molecule has 4 heteroatoms. The van der Waals surface area contributed by atoms with Crippen LogP contribution in [0.5, 0.6) is 5.75 Å². The number of aliphatic carboxylic acids is 1. The van der Waals surface area contributed by atoms with Gasteiger partial charge in [0.1, 0.15) is 5.75 Å². The first-order valence-corrected chi connectivity index (χ1v) is 7.74. The van der Waals surface area contributed by atoms with Crippen LogP contribution in [-0.4, -0.2) is 17.2 Å². The molecule has 0 aliphatic rings. The summed E-state index contributed by atoms with van der Waals surface area (Å²) in [4.78, 5) is 11.2. The van der Waals surface area contributed by atoms with E-state index < -0.39 is 12.1 Å². The number of hydrogen-bond acceptors (Lipinski definition) is 2. The van der Waals surface area contributed by atoms with Gasteiger partial charge in [-0.2, -0.15) is 0 Å². The molecular weight excluding hydrogens is 300 g/mol. The minimum absolute atomic E-state index is 0.407. The molecule has 0 aliphatic carbocycles. The number of hydrogen-bond donors (Lipinski definition) is 1. The van der Waals surface area contributed by atoms with E-state index in [9.17, 15) is 9.90 Å². The van der Waals surface area contributed by atoms with Crippen LogP contribution in [0.3, 0.4) is 0 Å². The second-order valence-electron chi connectivity index (χ2n) is 5.10. The van der Waals surface area contributed by atoms with Crippen LogP contribution in [-0.2, 0) is 4.79 Å². The van der Waals surface area contributed by atoms with Crippen molar-refractivity contribution in [1.82, 2.24) is 0 Å². The molecule has 0 spiro atoms. The van der Waals surface area contributed by atoms with Crippen LogP contribution in [0.25, 0.3) is 11.1 Å². The number of benzene rings is 2. The third kappa shape index (κ3) is 4.25. The molecule has 116 valence electrons. The highest BCUT2D eigenvalue weighted by Crippen LogP contribution is 2.31. The fourth-order valence-corrected chi connectivity index (χ4v) is 2.41. The van der Waals surface area contributed by atoms with Crippen LogP contribution in [0.4, 0.5) is 0 Å². The quantitative estimate of drug-likeness (QED) is 0.778. The lowest BCUT2D eigenvalue weighted by Crippen LogP contribution is -2.27. The van der Waals surface area contributed by atoms with E-state index in [-0.39, 0.29) is 0 Å². The molecule has 1 unspecified atom stereocenters. The Balaban J connectivity index is 2.17. The highest BCUT2D eigenvalue weighted by atomic mass is 35.5. The second-order valence-corrected chi connectivity index (χ2v) is 5.51. The van der Waals surface area contributed by atoms with Gasteiger partial charge in [-0.15, -0.1) is 0 Å². The van der Waals surface area contributed by atoms with Gasteiger partial charge in [-0.1, -0.05) is 61.3 Å². The Labute approximate surface area is 135 Å². The van der Waals surface area contributed by atoms with Crippen LogP contribution in [0, 0.1) is 0 Å². The Bertz CT molecular complexity index is 625. The van der Waals surface area contributed by atoms with Crippen LogP contribution in [0.15, 0.2) is 48.5 Å². The third-order valence-corrected chi connectivity index (χ3v) is 3.70. The Morgan fingerprint density at radius 1 is 1.18 bits per heavy atom. The van der Waals surface area contributed by atoms with Crippen molar-refractivity contribution in [2.24, 2.45) is 0 Å². The molecule has 1 N–H and O–H groups in total. The number of carboxylic acids is 1. The number of carbonyl (C=O) groups is 1. The Kier molecular flexibility index (Phi) is 5.84. The van der Waals surface area contributed by atoms with Gasteiger partial charge < -0.3 is 9.84 Å². The fourth-order valence-electron chi connectivity index (χ4n) is 2.18. The smallest absolute Gasteiger partial charge is 0.344 e. The number of ether oxygens (including phenoxy) is 1. The van der Waals surface area contributed by atoms with Gasteiger partial charge >= 0.3 is 5.97 Å². The summed E-state index contributed by atoms with van der Waals surface area (Å²) in [6, 6.07) is 15.3. The first-order chi connectivity index (χ1) is 10.6. The van der Waals surface area contributed by atoms with Crippen LogP contribution >= 0.6 is 11.6 Å². The molecule has 0 saturated carbocycles. The molecule has 0 heterocycles. The Morgan fingerprint density at radius 2 is 1.91 bits per heavy atom. The average Bonchev–Trinajstić information content (AvgIpc) is 2.53. The summed E-state index contributed by atoms with van der Waals surface area (Å²) >= 11 is 6.24. The lowest BCUT2D eigenvalue weighted by atomic mass is 10.1. The normalized spacial score (nSPS) is 11.9. The molecule has 0 radical (unpaired) electrons. The molecule has 0 fully saturated rings. The monoisotopic (exact) mass is 318 g/mol. The number of unbranched alkanes of at least 4 members (excludes halogenated alkanes) is 1. The first-order valence-electron chi connectivity index (χ1n) is 7.36. The minimum Gasteiger partial charge on any atom is -0.479 e. The summed E-state index contributed by atoms with van der Waals surface area (Å²) in [5.74, 6) is -0.554. The lowest BCUT2D eigenvalue weighted by Gasteiger charge is -2.16. The molecule has 2 aromatic carbocycles. The first kappa shape index (κ1) is 16.4. The molecular formula is C18H19ClO3. The standard InChI is InChI=1S/C18H19ClO3/c1-2-3-9-17(18(20)21)22-16-11-10-14(12-15(16)19)13-7-5-4-6-8-13/h4-8,10-12,17H,2-3,9H2,1H3,(H,20,21). The molecule has 3 nitrogen and oxygen atoms in total. The summed E-state index contributed by atoms with van der Waals surface area (Å²) in [6.07, 6.45) is 1.34. The van der Waals surface area contributed by atoms with Crippen molar-refractivity contribution in [3.8, 4) is 16.9 Å². The molecule has 0 amide bonds. The zero-order chi connectivity index (χ0) is 15.9. The SMILES string of the molecule is CCCCC(Oc1ccc(-c2ccccc2)cc1Cl)C(=O)O. The van der Waals surface area contributed by atoms with E-state index in [1.165, 1.54) is 0 Å². The number of rotatable bonds is 7. The van der Waals surface area contributed by atoms with Gasteiger partial charge in [-0.05, 0) is 36.1 Å². The topological polar surface area (TPSA) is 46.5 Å². The largest absolute Gasteiger partial charge is 0.479 e. The van der Waals surface area contributed by atoms with E-state index in [0.29, 0.717) is 17.2 Å². The molecule has 1 atom stereocenters. The molecule has 22 heavy (non-hydrogen) atoms. The molecule has 2 aromatic rings. The van der Waals surface area contributed by atoms with Gasteiger partial charge in [0, 0.05) is 0 Å². The molecule has 0 aliphatic heterocycles. The van der Waals surface area contributed by atoms with Crippen molar-refractivity contribution in [3.63, 3.8) is 0 Å². The van der Waals surface area contributed by atoms with Gasteiger partial charge in [0.05, 0.1) is 5.02 Å². The van der Waals surface area contributed by atoms with Crippen molar-refractivity contribution in [3.05, 3.63) is 53.6 Å². The predicted octanol–water partition coefficient (Wildman–Crippen LogP) is 5.03. The third-order valence-electron chi connectivity index (χ3n) is 3.40. The zero-order valence-electron chi connectivity index (χ0n) is 12.5. The van der Waals surface area contributed by atoms with Gasteiger partial charge in [0.2, 0.25) is 0 Å². The molecule has 2 rings (SSSR count). The maximum Gasteiger partial charge on any atom is 0.344 e. The fraction of sp³-hybridized carbons (Fsp3) is 0.278. The maximum atomic E-state index is 11.2. The van der Waals surface area contributed by atoms with E-state index in [1.54, 1.807) is 12.1 Å². The Hall–Kier alpha value is -2.00. The van der Waals surface area contributed by atoms with Crippen molar-refractivity contribution < 1.29 is 14.6 Å². The summed E-state index contributed by atoms with van der Waals surface area (Å²) in [5, 5.41) is 9.64. The number of carboxylic acid groups (broad SMARTS) is 1. The number of halogens is 1. The summed E-state index contributed by atoms with van der Waals surface area (Å²) in [6.45, 7) is 2.01. The van der Waals surface area contributed by atoms with Crippen LogP contribution in [0.1, 0.15) is 26.2 Å². The highest BCUT2D eigenvalue weighted by molar-refractivity contribution is 6.32. The van der Waals surface area contributed by atoms with E-state index in [0.717, 1.165) is 24.0 Å². The lowest BCUT2D eigenvalue weighted by molar-refractivity contribution is -0.145. The van der Waals surface area contributed by atoms with Gasteiger partial charge in [0.25, 0.3) is 0 Å².